The smallest absolute Gasteiger partial charge is 0.387 e. The second kappa shape index (κ2) is 11.3. The quantitative estimate of drug-likeness (QED) is 0.341. The van der Waals surface area contributed by atoms with Crippen LogP contribution < -0.4 is 10.5 Å². The molecule has 2 fully saturated rings. The van der Waals surface area contributed by atoms with E-state index in [0.717, 1.165) is 32.1 Å². The molecule has 178 valence electrons. The van der Waals surface area contributed by atoms with E-state index < -0.39 is 6.61 Å². The number of para-hydroxylation sites is 1. The van der Waals surface area contributed by atoms with Crippen LogP contribution in [0.25, 0.3) is 5.70 Å². The van der Waals surface area contributed by atoms with Crippen LogP contribution in [0, 0.1) is 23.7 Å². The molecule has 2 N–H and O–H groups in total. The largest absolute Gasteiger partial charge is 0.434 e. The van der Waals surface area contributed by atoms with Gasteiger partial charge in [0.05, 0.1) is 18.4 Å². The van der Waals surface area contributed by atoms with Gasteiger partial charge in [0.25, 0.3) is 0 Å². The molecule has 0 saturated heterocycles. The molecular weight excluding hydrogens is 412 g/mol. The Morgan fingerprint density at radius 2 is 1.88 bits per heavy atom. The van der Waals surface area contributed by atoms with Crippen molar-refractivity contribution in [3.63, 3.8) is 0 Å². The standard InChI is InChI=1S/C26H37F2NO3/c1-4-17(3)19-10-9-16(2)13-20(14-19)31-15-22(25(30)18-11-12-18)24(29)21-7-5-6-8-23(21)32-26(27)28/h5-8,16-20,26H,4,9-15,29H2,1-3H3/t16-,17?,19+,20?/m0/s1. The molecule has 0 bridgehead atoms. The Kier molecular flexibility index (Phi) is 8.69. The summed E-state index contributed by atoms with van der Waals surface area (Å²) in [6.45, 7) is 3.93. The number of hydrogen-bond donors (Lipinski definition) is 1. The fourth-order valence-corrected chi connectivity index (χ4v) is 4.73. The van der Waals surface area contributed by atoms with Crippen LogP contribution in [-0.4, -0.2) is 25.1 Å². The Labute approximate surface area is 190 Å². The molecule has 2 aliphatic rings. The Morgan fingerprint density at radius 1 is 1.16 bits per heavy atom. The highest BCUT2D eigenvalue weighted by Gasteiger charge is 2.34. The molecule has 0 aliphatic heterocycles. The molecule has 32 heavy (non-hydrogen) atoms. The van der Waals surface area contributed by atoms with Crippen molar-refractivity contribution in [2.24, 2.45) is 29.4 Å². The lowest BCUT2D eigenvalue weighted by atomic mass is 9.85. The van der Waals surface area contributed by atoms with Crippen LogP contribution in [0.2, 0.25) is 0 Å². The van der Waals surface area contributed by atoms with Crippen molar-refractivity contribution in [3.05, 3.63) is 35.4 Å². The number of ketones is 1. The van der Waals surface area contributed by atoms with E-state index in [4.69, 9.17) is 10.5 Å². The van der Waals surface area contributed by atoms with Crippen LogP contribution in [0.4, 0.5) is 8.78 Å². The van der Waals surface area contributed by atoms with E-state index in [-0.39, 0.29) is 35.9 Å². The van der Waals surface area contributed by atoms with Gasteiger partial charge in [-0.25, -0.2) is 0 Å². The Balaban J connectivity index is 1.83. The van der Waals surface area contributed by atoms with Crippen LogP contribution in [0.3, 0.4) is 0 Å². The van der Waals surface area contributed by atoms with E-state index in [1.165, 1.54) is 18.9 Å². The van der Waals surface area contributed by atoms with Gasteiger partial charge in [-0.2, -0.15) is 8.78 Å². The molecule has 2 unspecified atom stereocenters. The van der Waals surface area contributed by atoms with E-state index in [1.807, 2.05) is 0 Å². The molecule has 3 rings (SSSR count). The molecule has 2 saturated carbocycles. The van der Waals surface area contributed by atoms with Crippen molar-refractivity contribution in [2.75, 3.05) is 6.61 Å². The lowest BCUT2D eigenvalue weighted by molar-refractivity contribution is -0.117. The molecule has 4 atom stereocenters. The van der Waals surface area contributed by atoms with Crippen molar-refractivity contribution in [1.29, 1.82) is 0 Å². The van der Waals surface area contributed by atoms with Gasteiger partial charge in [0.2, 0.25) is 0 Å². The summed E-state index contributed by atoms with van der Waals surface area (Å²) < 4.78 is 36.8. The van der Waals surface area contributed by atoms with Gasteiger partial charge < -0.3 is 15.2 Å². The number of Topliss-reactive ketones (excluding diaryl/α,β-unsaturated/α-hetero) is 1. The van der Waals surface area contributed by atoms with Crippen LogP contribution in [-0.2, 0) is 9.53 Å². The number of hydrogen-bond acceptors (Lipinski definition) is 4. The van der Waals surface area contributed by atoms with Gasteiger partial charge in [0.15, 0.2) is 5.78 Å². The van der Waals surface area contributed by atoms with Crippen LogP contribution >= 0.6 is 0 Å². The van der Waals surface area contributed by atoms with Gasteiger partial charge in [-0.3, -0.25) is 4.79 Å². The average Bonchev–Trinajstić information content (AvgIpc) is 3.61. The minimum atomic E-state index is -2.97. The molecular formula is C26H37F2NO3. The highest BCUT2D eigenvalue weighted by molar-refractivity contribution is 6.05. The van der Waals surface area contributed by atoms with Gasteiger partial charge in [-0.1, -0.05) is 45.7 Å². The van der Waals surface area contributed by atoms with Crippen LogP contribution in [0.5, 0.6) is 5.75 Å². The number of halogens is 2. The Hall–Kier alpha value is -1.95. The molecule has 0 radical (unpaired) electrons. The predicted molar refractivity (Wildman–Crippen MR) is 122 cm³/mol. The third kappa shape index (κ3) is 6.53. The molecule has 4 nitrogen and oxygen atoms in total. The molecule has 1 aromatic carbocycles. The zero-order chi connectivity index (χ0) is 23.3. The van der Waals surface area contributed by atoms with Gasteiger partial charge in [-0.05, 0) is 62.0 Å². The normalized spacial score (nSPS) is 25.8. The topological polar surface area (TPSA) is 61.5 Å². The number of carbonyl (C=O) groups excluding carboxylic acids is 1. The van der Waals surface area contributed by atoms with E-state index in [1.54, 1.807) is 18.2 Å². The maximum absolute atomic E-state index is 13.1. The first-order valence-electron chi connectivity index (χ1n) is 12.0. The number of ether oxygens (including phenoxy) is 2. The number of carbonyl (C=O) groups is 1. The van der Waals surface area contributed by atoms with Crippen molar-refractivity contribution >= 4 is 11.5 Å². The van der Waals surface area contributed by atoms with Crippen molar-refractivity contribution in [3.8, 4) is 5.75 Å². The molecule has 0 spiro atoms. The zero-order valence-corrected chi connectivity index (χ0v) is 19.5. The molecule has 0 aromatic heterocycles. The second-order valence-corrected chi connectivity index (χ2v) is 9.64. The third-order valence-electron chi connectivity index (χ3n) is 7.14. The minimum Gasteiger partial charge on any atom is -0.434 e. The SMILES string of the molecule is CCC(C)[C@@H]1CC[C@H](C)CC(OCC(C(=O)C2CC2)=C(N)c2ccccc2OC(F)F)C1. The number of alkyl halides is 2. The highest BCUT2D eigenvalue weighted by atomic mass is 19.3. The summed E-state index contributed by atoms with van der Waals surface area (Å²) >= 11 is 0. The first-order chi connectivity index (χ1) is 15.3. The van der Waals surface area contributed by atoms with Crippen molar-refractivity contribution in [1.82, 2.24) is 0 Å². The lowest BCUT2D eigenvalue weighted by Gasteiger charge is -2.25. The Bertz CT molecular complexity index is 806. The average molecular weight is 450 g/mol. The third-order valence-corrected chi connectivity index (χ3v) is 7.14. The van der Waals surface area contributed by atoms with Gasteiger partial charge in [-0.15, -0.1) is 0 Å². The van der Waals surface area contributed by atoms with E-state index in [0.29, 0.717) is 28.9 Å². The summed E-state index contributed by atoms with van der Waals surface area (Å²) in [5, 5.41) is 0. The summed E-state index contributed by atoms with van der Waals surface area (Å²) in [7, 11) is 0. The number of nitrogens with two attached hydrogens (primary N) is 1. The molecule has 0 heterocycles. The fraction of sp³-hybridized carbons (Fsp3) is 0.654. The highest BCUT2D eigenvalue weighted by Crippen LogP contribution is 2.37. The summed E-state index contributed by atoms with van der Waals surface area (Å²) in [6.07, 6.45) is 7.22. The van der Waals surface area contributed by atoms with Crippen LogP contribution in [0.1, 0.15) is 71.3 Å². The lowest BCUT2D eigenvalue weighted by Crippen LogP contribution is -2.24. The summed E-state index contributed by atoms with van der Waals surface area (Å²) in [6, 6.07) is 6.36. The first kappa shape index (κ1) is 24.7. The first-order valence-corrected chi connectivity index (χ1v) is 12.0. The van der Waals surface area contributed by atoms with Gasteiger partial charge in [0, 0.05) is 17.1 Å². The van der Waals surface area contributed by atoms with E-state index in [9.17, 15) is 13.6 Å². The molecule has 2 aliphatic carbocycles. The molecule has 6 heteroatoms. The summed E-state index contributed by atoms with van der Waals surface area (Å²) in [5.41, 5.74) is 7.28. The fourth-order valence-electron chi connectivity index (χ4n) is 4.73. The second-order valence-electron chi connectivity index (χ2n) is 9.64. The minimum absolute atomic E-state index is 0.0268. The van der Waals surface area contributed by atoms with Crippen molar-refractivity contribution in [2.45, 2.75) is 78.4 Å². The van der Waals surface area contributed by atoms with Gasteiger partial charge in [0.1, 0.15) is 5.75 Å². The van der Waals surface area contributed by atoms with E-state index >= 15 is 0 Å². The molecule has 0 amide bonds. The number of benzene rings is 1. The summed E-state index contributed by atoms with van der Waals surface area (Å²) in [4.78, 5) is 13.1. The predicted octanol–water partition coefficient (Wildman–Crippen LogP) is 6.19. The van der Waals surface area contributed by atoms with Gasteiger partial charge >= 0.3 is 6.61 Å². The maximum Gasteiger partial charge on any atom is 0.387 e. The van der Waals surface area contributed by atoms with E-state index in [2.05, 4.69) is 25.5 Å². The summed E-state index contributed by atoms with van der Waals surface area (Å²) in [5.74, 6) is 1.71. The Morgan fingerprint density at radius 3 is 2.53 bits per heavy atom. The zero-order valence-electron chi connectivity index (χ0n) is 19.5. The van der Waals surface area contributed by atoms with Crippen LogP contribution in [0.15, 0.2) is 29.8 Å². The van der Waals surface area contributed by atoms with Crippen molar-refractivity contribution < 1.29 is 23.0 Å². The molecule has 1 aromatic rings. The maximum atomic E-state index is 13.1. The monoisotopic (exact) mass is 449 g/mol. The number of rotatable bonds is 10.